The summed E-state index contributed by atoms with van der Waals surface area (Å²) in [5.74, 6) is 5.22. The molecule has 0 unspecified atom stereocenters. The highest BCUT2D eigenvalue weighted by Gasteiger charge is 2.00. The molecule has 1 aromatic carbocycles. The second-order valence-corrected chi connectivity index (χ2v) is 3.03. The van der Waals surface area contributed by atoms with Crippen LogP contribution >= 0.6 is 12.4 Å². The predicted molar refractivity (Wildman–Crippen MR) is 59.5 cm³/mol. The third-order valence-corrected chi connectivity index (χ3v) is 1.69. The largest absolute Gasteiger partial charge is 0.269 e. The Hall–Kier alpha value is -0.900. The molecule has 0 saturated carbocycles. The lowest BCUT2D eigenvalue weighted by Crippen LogP contribution is -2.27. The molecule has 0 radical (unpaired) electrons. The first-order valence-electron chi connectivity index (χ1n) is 3.99. The molecule has 0 spiro atoms. The van der Waals surface area contributed by atoms with E-state index >= 15 is 0 Å². The summed E-state index contributed by atoms with van der Waals surface area (Å²) in [4.78, 5) is 0. The van der Waals surface area contributed by atoms with Crippen molar-refractivity contribution in [3.8, 4) is 0 Å². The summed E-state index contributed by atoms with van der Waals surface area (Å²) in [5.41, 5.74) is 1.80. The maximum atomic E-state index is 12.5. The lowest BCUT2D eigenvalue weighted by atomic mass is 10.1. The van der Waals surface area contributed by atoms with Crippen LogP contribution in [0.5, 0.6) is 0 Å². The molecule has 0 saturated heterocycles. The van der Waals surface area contributed by atoms with Gasteiger partial charge in [-0.3, -0.25) is 5.84 Å². The van der Waals surface area contributed by atoms with Gasteiger partial charge in [0, 0.05) is 13.6 Å². The molecule has 0 heterocycles. The Labute approximate surface area is 89.6 Å². The standard InChI is InChI=1S/C10H13FN2.ClH/c1-8(7-13(2)12)9-3-5-10(11)6-4-9;/h3-6H,1,7,12H2,2H3;1H. The van der Waals surface area contributed by atoms with E-state index in [0.717, 1.165) is 11.1 Å². The van der Waals surface area contributed by atoms with Gasteiger partial charge in [-0.25, -0.2) is 9.40 Å². The molecule has 78 valence electrons. The summed E-state index contributed by atoms with van der Waals surface area (Å²) in [5, 5.41) is 1.53. The first-order chi connectivity index (χ1) is 6.09. The minimum absolute atomic E-state index is 0. The Kier molecular flexibility index (Phi) is 5.38. The lowest BCUT2D eigenvalue weighted by Gasteiger charge is -2.11. The monoisotopic (exact) mass is 216 g/mol. The van der Waals surface area contributed by atoms with Crippen LogP contribution in [0, 0.1) is 5.82 Å². The molecule has 1 aromatic rings. The van der Waals surface area contributed by atoms with E-state index in [2.05, 4.69) is 6.58 Å². The van der Waals surface area contributed by atoms with E-state index in [4.69, 9.17) is 5.84 Å². The van der Waals surface area contributed by atoms with Crippen molar-refractivity contribution in [2.75, 3.05) is 13.6 Å². The van der Waals surface area contributed by atoms with E-state index in [1.54, 1.807) is 19.2 Å². The van der Waals surface area contributed by atoms with Gasteiger partial charge in [-0.2, -0.15) is 0 Å². The minimum atomic E-state index is -0.238. The molecular weight excluding hydrogens is 203 g/mol. The highest BCUT2D eigenvalue weighted by molar-refractivity contribution is 5.85. The highest BCUT2D eigenvalue weighted by Crippen LogP contribution is 2.12. The van der Waals surface area contributed by atoms with Gasteiger partial charge in [0.05, 0.1) is 0 Å². The van der Waals surface area contributed by atoms with Gasteiger partial charge in [-0.05, 0) is 23.3 Å². The van der Waals surface area contributed by atoms with Crippen molar-refractivity contribution in [2.24, 2.45) is 5.84 Å². The van der Waals surface area contributed by atoms with Crippen LogP contribution in [0.1, 0.15) is 5.56 Å². The Morgan fingerprint density at radius 3 is 2.36 bits per heavy atom. The van der Waals surface area contributed by atoms with Crippen molar-refractivity contribution >= 4 is 18.0 Å². The number of hydrogen-bond acceptors (Lipinski definition) is 2. The quantitative estimate of drug-likeness (QED) is 0.619. The number of benzene rings is 1. The molecule has 4 heteroatoms. The number of nitrogens with zero attached hydrogens (tertiary/aromatic N) is 1. The van der Waals surface area contributed by atoms with Crippen molar-refractivity contribution in [1.29, 1.82) is 0 Å². The van der Waals surface area contributed by atoms with Crippen LogP contribution in [0.4, 0.5) is 4.39 Å². The molecule has 1 rings (SSSR count). The molecule has 2 nitrogen and oxygen atoms in total. The van der Waals surface area contributed by atoms with Gasteiger partial charge in [0.2, 0.25) is 0 Å². The first-order valence-corrected chi connectivity index (χ1v) is 3.99. The third-order valence-electron chi connectivity index (χ3n) is 1.69. The summed E-state index contributed by atoms with van der Waals surface area (Å²) >= 11 is 0. The highest BCUT2D eigenvalue weighted by atomic mass is 35.5. The number of halogens is 2. The van der Waals surface area contributed by atoms with Gasteiger partial charge in [0.1, 0.15) is 5.82 Å². The van der Waals surface area contributed by atoms with Gasteiger partial charge in [0.15, 0.2) is 0 Å². The predicted octanol–water partition coefficient (Wildman–Crippen LogP) is 2.07. The van der Waals surface area contributed by atoms with E-state index < -0.39 is 0 Å². The molecule has 0 fully saturated rings. The van der Waals surface area contributed by atoms with Gasteiger partial charge in [0.25, 0.3) is 0 Å². The number of rotatable bonds is 3. The Balaban J connectivity index is 0.00000169. The van der Waals surface area contributed by atoms with E-state index in [-0.39, 0.29) is 18.2 Å². The Morgan fingerprint density at radius 2 is 1.93 bits per heavy atom. The van der Waals surface area contributed by atoms with Crippen LogP contribution < -0.4 is 5.84 Å². The van der Waals surface area contributed by atoms with Crippen LogP contribution in [-0.2, 0) is 0 Å². The number of nitrogens with two attached hydrogens (primary N) is 1. The fraction of sp³-hybridized carbons (Fsp3) is 0.200. The van der Waals surface area contributed by atoms with E-state index in [1.165, 1.54) is 17.1 Å². The van der Waals surface area contributed by atoms with Crippen LogP contribution in [0.15, 0.2) is 30.8 Å². The Morgan fingerprint density at radius 1 is 1.43 bits per heavy atom. The molecule has 0 aliphatic rings. The van der Waals surface area contributed by atoms with Crippen molar-refractivity contribution in [3.63, 3.8) is 0 Å². The normalized spacial score (nSPS) is 9.71. The summed E-state index contributed by atoms with van der Waals surface area (Å²) < 4.78 is 12.5. The van der Waals surface area contributed by atoms with Crippen LogP contribution in [0.25, 0.3) is 5.57 Å². The fourth-order valence-electron chi connectivity index (χ4n) is 1.08. The SMILES string of the molecule is C=C(CN(C)N)c1ccc(F)cc1.Cl. The van der Waals surface area contributed by atoms with Crippen molar-refractivity contribution in [3.05, 3.63) is 42.2 Å². The van der Waals surface area contributed by atoms with Gasteiger partial charge in [-0.15, -0.1) is 12.4 Å². The summed E-state index contributed by atoms with van der Waals surface area (Å²) in [6.45, 7) is 4.43. The van der Waals surface area contributed by atoms with Crippen LogP contribution in [0.3, 0.4) is 0 Å². The second-order valence-electron chi connectivity index (χ2n) is 3.03. The van der Waals surface area contributed by atoms with E-state index in [9.17, 15) is 4.39 Å². The maximum Gasteiger partial charge on any atom is 0.123 e. The third kappa shape index (κ3) is 3.87. The first kappa shape index (κ1) is 13.1. The Bertz CT molecular complexity index is 295. The van der Waals surface area contributed by atoms with Gasteiger partial charge < -0.3 is 0 Å². The number of likely N-dealkylation sites (N-methyl/N-ethyl adjacent to an activating group) is 1. The summed E-state index contributed by atoms with van der Waals surface area (Å²) in [6.07, 6.45) is 0. The zero-order chi connectivity index (χ0) is 9.84. The van der Waals surface area contributed by atoms with E-state index in [0.29, 0.717) is 6.54 Å². The summed E-state index contributed by atoms with van der Waals surface area (Å²) in [6, 6.07) is 6.22. The average molecular weight is 217 g/mol. The average Bonchev–Trinajstić information content (AvgIpc) is 2.04. The topological polar surface area (TPSA) is 29.3 Å². The molecule has 2 N–H and O–H groups in total. The van der Waals surface area contributed by atoms with Crippen molar-refractivity contribution in [2.45, 2.75) is 0 Å². The molecule has 0 bridgehead atoms. The smallest absolute Gasteiger partial charge is 0.123 e. The van der Waals surface area contributed by atoms with Crippen molar-refractivity contribution < 1.29 is 4.39 Å². The maximum absolute atomic E-state index is 12.5. The zero-order valence-electron chi connectivity index (χ0n) is 8.03. The summed E-state index contributed by atoms with van der Waals surface area (Å²) in [7, 11) is 1.76. The van der Waals surface area contributed by atoms with Crippen LogP contribution in [-0.4, -0.2) is 18.6 Å². The molecule has 0 aliphatic carbocycles. The van der Waals surface area contributed by atoms with Gasteiger partial charge >= 0.3 is 0 Å². The fourth-order valence-corrected chi connectivity index (χ4v) is 1.08. The molecule has 0 amide bonds. The number of hydrazine groups is 1. The molecular formula is C10H14ClFN2. The van der Waals surface area contributed by atoms with Gasteiger partial charge in [-0.1, -0.05) is 18.7 Å². The molecule has 14 heavy (non-hydrogen) atoms. The minimum Gasteiger partial charge on any atom is -0.269 e. The number of hydrogen-bond donors (Lipinski definition) is 1. The van der Waals surface area contributed by atoms with Crippen molar-refractivity contribution in [1.82, 2.24) is 5.01 Å². The lowest BCUT2D eigenvalue weighted by molar-refractivity contribution is 0.395. The second kappa shape index (κ2) is 5.75. The molecule has 0 aliphatic heterocycles. The zero-order valence-corrected chi connectivity index (χ0v) is 8.85. The molecule has 0 atom stereocenters. The van der Waals surface area contributed by atoms with E-state index in [1.807, 2.05) is 0 Å². The molecule has 0 aromatic heterocycles. The van der Waals surface area contributed by atoms with Crippen LogP contribution in [0.2, 0.25) is 0 Å².